The van der Waals surface area contributed by atoms with E-state index in [1.54, 1.807) is 19.2 Å². The van der Waals surface area contributed by atoms with E-state index in [1.807, 2.05) is 60.7 Å². The highest BCUT2D eigenvalue weighted by molar-refractivity contribution is 9.10. The summed E-state index contributed by atoms with van der Waals surface area (Å²) in [5, 5.41) is 2.78. The Morgan fingerprint density at radius 2 is 1.54 bits per heavy atom. The molecule has 3 rings (SSSR count). The molecule has 0 bridgehead atoms. The van der Waals surface area contributed by atoms with Crippen molar-refractivity contribution in [3.05, 3.63) is 77.3 Å². The van der Waals surface area contributed by atoms with Crippen LogP contribution in [-0.2, 0) is 4.79 Å². The predicted molar refractivity (Wildman–Crippen MR) is 107 cm³/mol. The Labute approximate surface area is 160 Å². The molecule has 1 N–H and O–H groups in total. The fourth-order valence-electron chi connectivity index (χ4n) is 2.47. The number of rotatable bonds is 6. The van der Waals surface area contributed by atoms with Crippen LogP contribution in [0.25, 0.3) is 11.1 Å². The quantitative estimate of drug-likeness (QED) is 0.610. The van der Waals surface area contributed by atoms with Crippen LogP contribution >= 0.6 is 15.9 Å². The summed E-state index contributed by atoms with van der Waals surface area (Å²) in [4.78, 5) is 12.1. The van der Waals surface area contributed by atoms with Crippen molar-refractivity contribution in [2.75, 3.05) is 19.0 Å². The van der Waals surface area contributed by atoms with Crippen LogP contribution in [0.1, 0.15) is 0 Å². The molecule has 4 nitrogen and oxygen atoms in total. The lowest BCUT2D eigenvalue weighted by Gasteiger charge is -2.11. The lowest BCUT2D eigenvalue weighted by Crippen LogP contribution is -2.20. The van der Waals surface area contributed by atoms with Crippen molar-refractivity contribution in [2.24, 2.45) is 0 Å². The number of hydrogen-bond acceptors (Lipinski definition) is 3. The summed E-state index contributed by atoms with van der Waals surface area (Å²) in [6.45, 7) is -0.0737. The van der Waals surface area contributed by atoms with Gasteiger partial charge in [0, 0.05) is 4.47 Å². The van der Waals surface area contributed by atoms with Crippen LogP contribution in [-0.4, -0.2) is 19.6 Å². The molecule has 0 aromatic heterocycles. The van der Waals surface area contributed by atoms with Crippen molar-refractivity contribution in [3.63, 3.8) is 0 Å². The summed E-state index contributed by atoms with van der Waals surface area (Å²) < 4.78 is 11.8. The van der Waals surface area contributed by atoms with E-state index in [9.17, 15) is 4.79 Å². The molecule has 0 aliphatic carbocycles. The Bertz CT molecular complexity index is 877. The predicted octanol–water partition coefficient (Wildman–Crippen LogP) is 5.14. The van der Waals surface area contributed by atoms with E-state index in [4.69, 9.17) is 9.47 Å². The molecule has 132 valence electrons. The average molecular weight is 412 g/mol. The number of anilines is 1. The number of ether oxygens (including phenoxy) is 2. The molecule has 3 aromatic rings. The minimum absolute atomic E-state index is 0.0737. The number of halogens is 1. The Hall–Kier alpha value is -2.79. The van der Waals surface area contributed by atoms with E-state index in [0.29, 0.717) is 17.2 Å². The van der Waals surface area contributed by atoms with Gasteiger partial charge in [-0.15, -0.1) is 0 Å². The van der Waals surface area contributed by atoms with Crippen molar-refractivity contribution < 1.29 is 14.3 Å². The number of nitrogens with one attached hydrogen (secondary N) is 1. The molecule has 1 amide bonds. The second kappa shape index (κ2) is 8.54. The second-order valence-corrected chi connectivity index (χ2v) is 6.48. The Balaban J connectivity index is 1.57. The number of para-hydroxylation sites is 2. The number of hydrogen-bond donors (Lipinski definition) is 1. The summed E-state index contributed by atoms with van der Waals surface area (Å²) in [6, 6.07) is 23.0. The van der Waals surface area contributed by atoms with E-state index in [1.165, 1.54) is 0 Å². The highest BCUT2D eigenvalue weighted by Gasteiger charge is 2.08. The molecule has 5 heteroatoms. The first kappa shape index (κ1) is 18.0. The lowest BCUT2D eigenvalue weighted by molar-refractivity contribution is -0.118. The van der Waals surface area contributed by atoms with Crippen LogP contribution in [0.15, 0.2) is 77.3 Å². The Morgan fingerprint density at radius 3 is 2.19 bits per heavy atom. The lowest BCUT2D eigenvalue weighted by atomic mass is 10.1. The van der Waals surface area contributed by atoms with Gasteiger partial charge in [0.25, 0.3) is 5.91 Å². The summed E-state index contributed by atoms with van der Waals surface area (Å²) in [5.74, 6) is 1.01. The van der Waals surface area contributed by atoms with E-state index in [-0.39, 0.29) is 12.5 Å². The van der Waals surface area contributed by atoms with Gasteiger partial charge in [-0.05, 0) is 47.5 Å². The van der Waals surface area contributed by atoms with Crippen molar-refractivity contribution in [1.82, 2.24) is 0 Å². The largest absolute Gasteiger partial charge is 0.495 e. The standard InChI is InChI=1S/C21H18BrNO3/c1-25-20-5-3-2-4-19(20)23-21(24)14-26-18-12-8-16(9-13-18)15-6-10-17(22)11-7-15/h2-13H,14H2,1H3,(H,23,24). The first-order valence-corrected chi connectivity index (χ1v) is 8.86. The molecule has 0 fully saturated rings. The van der Waals surface area contributed by atoms with Gasteiger partial charge < -0.3 is 14.8 Å². The molecule has 0 radical (unpaired) electrons. The third-order valence-corrected chi connectivity index (χ3v) is 4.31. The summed E-state index contributed by atoms with van der Waals surface area (Å²) in [6.07, 6.45) is 0. The average Bonchev–Trinajstić information content (AvgIpc) is 2.68. The molecule has 0 aliphatic rings. The first-order valence-electron chi connectivity index (χ1n) is 8.07. The smallest absolute Gasteiger partial charge is 0.262 e. The normalized spacial score (nSPS) is 10.2. The number of methoxy groups -OCH3 is 1. The molecule has 0 atom stereocenters. The van der Waals surface area contributed by atoms with E-state index < -0.39 is 0 Å². The van der Waals surface area contributed by atoms with Crippen LogP contribution in [0.4, 0.5) is 5.69 Å². The summed E-state index contributed by atoms with van der Waals surface area (Å²) in [7, 11) is 1.56. The van der Waals surface area contributed by atoms with Crippen LogP contribution in [0.5, 0.6) is 11.5 Å². The zero-order valence-electron chi connectivity index (χ0n) is 14.2. The molecular weight excluding hydrogens is 394 g/mol. The van der Waals surface area contributed by atoms with Gasteiger partial charge >= 0.3 is 0 Å². The third-order valence-electron chi connectivity index (χ3n) is 3.78. The maximum absolute atomic E-state index is 12.1. The molecule has 26 heavy (non-hydrogen) atoms. The van der Waals surface area contributed by atoms with Gasteiger partial charge in [0.1, 0.15) is 11.5 Å². The maximum atomic E-state index is 12.1. The molecule has 0 spiro atoms. The fraction of sp³-hybridized carbons (Fsp3) is 0.0952. The zero-order valence-corrected chi connectivity index (χ0v) is 15.8. The highest BCUT2D eigenvalue weighted by Crippen LogP contribution is 2.25. The zero-order chi connectivity index (χ0) is 18.4. The van der Waals surface area contributed by atoms with Crippen molar-refractivity contribution in [2.45, 2.75) is 0 Å². The molecule has 0 unspecified atom stereocenters. The third kappa shape index (κ3) is 4.64. The fourth-order valence-corrected chi connectivity index (χ4v) is 2.73. The minimum atomic E-state index is -0.244. The maximum Gasteiger partial charge on any atom is 0.262 e. The second-order valence-electron chi connectivity index (χ2n) is 5.57. The Morgan fingerprint density at radius 1 is 0.923 bits per heavy atom. The number of carbonyl (C=O) groups excluding carboxylic acids is 1. The monoisotopic (exact) mass is 411 g/mol. The molecule has 0 aliphatic heterocycles. The van der Waals surface area contributed by atoms with Gasteiger partial charge in [0.15, 0.2) is 6.61 Å². The van der Waals surface area contributed by atoms with Gasteiger partial charge in [0.05, 0.1) is 12.8 Å². The molecular formula is C21H18BrNO3. The van der Waals surface area contributed by atoms with Crippen LogP contribution in [0.2, 0.25) is 0 Å². The van der Waals surface area contributed by atoms with Gasteiger partial charge in [-0.3, -0.25) is 4.79 Å². The number of benzene rings is 3. The van der Waals surface area contributed by atoms with E-state index in [0.717, 1.165) is 15.6 Å². The topological polar surface area (TPSA) is 47.6 Å². The number of amides is 1. The molecule has 0 saturated carbocycles. The van der Waals surface area contributed by atoms with Gasteiger partial charge in [0.2, 0.25) is 0 Å². The molecule has 0 heterocycles. The van der Waals surface area contributed by atoms with Crippen LogP contribution < -0.4 is 14.8 Å². The van der Waals surface area contributed by atoms with Crippen molar-refractivity contribution in [1.29, 1.82) is 0 Å². The minimum Gasteiger partial charge on any atom is -0.495 e. The Kier molecular flexibility index (Phi) is 5.92. The number of carbonyl (C=O) groups is 1. The summed E-state index contributed by atoms with van der Waals surface area (Å²) in [5.41, 5.74) is 2.83. The first-order chi connectivity index (χ1) is 12.7. The SMILES string of the molecule is COc1ccccc1NC(=O)COc1ccc(-c2ccc(Br)cc2)cc1. The van der Waals surface area contributed by atoms with Gasteiger partial charge in [-0.1, -0.05) is 52.3 Å². The van der Waals surface area contributed by atoms with Crippen molar-refractivity contribution in [3.8, 4) is 22.6 Å². The van der Waals surface area contributed by atoms with Crippen LogP contribution in [0, 0.1) is 0 Å². The van der Waals surface area contributed by atoms with Gasteiger partial charge in [-0.25, -0.2) is 0 Å². The van der Waals surface area contributed by atoms with E-state index >= 15 is 0 Å². The van der Waals surface area contributed by atoms with Crippen molar-refractivity contribution >= 4 is 27.5 Å². The van der Waals surface area contributed by atoms with Gasteiger partial charge in [-0.2, -0.15) is 0 Å². The van der Waals surface area contributed by atoms with E-state index in [2.05, 4.69) is 21.2 Å². The summed E-state index contributed by atoms with van der Waals surface area (Å²) >= 11 is 3.43. The molecule has 3 aromatic carbocycles. The molecule has 0 saturated heterocycles. The highest BCUT2D eigenvalue weighted by atomic mass is 79.9. The van der Waals surface area contributed by atoms with Crippen LogP contribution in [0.3, 0.4) is 0 Å².